The molecule has 10 nitrogen and oxygen atoms in total. The molecule has 1 aliphatic rings. The van der Waals surface area contributed by atoms with E-state index in [1.54, 1.807) is 0 Å². The minimum atomic E-state index is -0.542. The maximum Gasteiger partial charge on any atom is 0.270 e. The first-order chi connectivity index (χ1) is 15.3. The third kappa shape index (κ3) is 6.55. The lowest BCUT2D eigenvalue weighted by molar-refractivity contribution is -0.384. The number of thiazole rings is 1. The van der Waals surface area contributed by atoms with Crippen molar-refractivity contribution < 1.29 is 19.2 Å². The number of non-ortho nitro benzene ring substituents is 1. The fourth-order valence-electron chi connectivity index (χ4n) is 3.36. The van der Waals surface area contributed by atoms with Crippen molar-refractivity contribution in [1.82, 2.24) is 14.8 Å². The van der Waals surface area contributed by atoms with Crippen LogP contribution in [0.3, 0.4) is 0 Å². The van der Waals surface area contributed by atoms with Crippen LogP contribution in [-0.4, -0.2) is 77.5 Å². The largest absolute Gasteiger partial charge is 0.379 e. The van der Waals surface area contributed by atoms with Crippen LogP contribution < -0.4 is 5.32 Å². The summed E-state index contributed by atoms with van der Waals surface area (Å²) in [5.74, 6) is -0.777. The van der Waals surface area contributed by atoms with Crippen molar-refractivity contribution in [2.45, 2.75) is 20.3 Å². The molecule has 1 fully saturated rings. The molecular weight excluding hydrogens is 434 g/mol. The van der Waals surface area contributed by atoms with Crippen molar-refractivity contribution in [2.75, 3.05) is 51.3 Å². The summed E-state index contributed by atoms with van der Waals surface area (Å²) < 4.78 is 5.35. The first-order valence-corrected chi connectivity index (χ1v) is 11.2. The third-order valence-electron chi connectivity index (χ3n) is 5.21. The van der Waals surface area contributed by atoms with Crippen LogP contribution in [0.5, 0.6) is 0 Å². The van der Waals surface area contributed by atoms with Crippen LogP contribution in [0.15, 0.2) is 24.3 Å². The number of ether oxygens (including phenoxy) is 1. The van der Waals surface area contributed by atoms with Crippen LogP contribution in [0, 0.1) is 24.0 Å². The first kappa shape index (κ1) is 23.8. The number of benzene rings is 1. The minimum absolute atomic E-state index is 0.164. The predicted molar refractivity (Wildman–Crippen MR) is 121 cm³/mol. The standard InChI is InChI=1S/C21H27N5O5S/c1-15-16(2)32-21(22-15)23-19(27)14-25(8-4-7-24-9-11-31-12-10-24)20(28)17-5-3-6-18(13-17)26(29)30/h3,5-6,13H,4,7-12,14H2,1-2H3,(H,22,23,27). The number of nitro benzene ring substituents is 1. The van der Waals surface area contributed by atoms with Crippen molar-refractivity contribution in [3.8, 4) is 0 Å². The number of anilines is 1. The van der Waals surface area contributed by atoms with Gasteiger partial charge in [0.05, 0.1) is 23.8 Å². The van der Waals surface area contributed by atoms with Crippen LogP contribution in [-0.2, 0) is 9.53 Å². The number of nitrogens with one attached hydrogen (secondary N) is 1. The van der Waals surface area contributed by atoms with E-state index in [-0.39, 0.29) is 23.7 Å². The highest BCUT2D eigenvalue weighted by Crippen LogP contribution is 2.21. The molecule has 2 heterocycles. The van der Waals surface area contributed by atoms with Gasteiger partial charge in [-0.25, -0.2) is 4.98 Å². The zero-order chi connectivity index (χ0) is 23.1. The summed E-state index contributed by atoms with van der Waals surface area (Å²) in [5, 5.41) is 14.3. The van der Waals surface area contributed by atoms with E-state index in [9.17, 15) is 19.7 Å². The molecule has 0 atom stereocenters. The Labute approximate surface area is 190 Å². The van der Waals surface area contributed by atoms with Gasteiger partial charge >= 0.3 is 0 Å². The monoisotopic (exact) mass is 461 g/mol. The van der Waals surface area contributed by atoms with Gasteiger partial charge in [-0.15, -0.1) is 11.3 Å². The van der Waals surface area contributed by atoms with Crippen LogP contribution >= 0.6 is 11.3 Å². The first-order valence-electron chi connectivity index (χ1n) is 10.4. The molecule has 3 rings (SSSR count). The second-order valence-electron chi connectivity index (χ2n) is 7.55. The molecule has 2 aromatic rings. The summed E-state index contributed by atoms with van der Waals surface area (Å²) in [7, 11) is 0. The van der Waals surface area contributed by atoms with E-state index in [0.717, 1.165) is 30.2 Å². The number of rotatable bonds is 9. The van der Waals surface area contributed by atoms with Gasteiger partial charge in [0.15, 0.2) is 5.13 Å². The Hall–Kier alpha value is -2.89. The smallest absolute Gasteiger partial charge is 0.270 e. The maximum atomic E-state index is 13.1. The van der Waals surface area contributed by atoms with Crippen molar-refractivity contribution >= 4 is 34.0 Å². The molecule has 1 N–H and O–H groups in total. The number of aryl methyl sites for hydroxylation is 2. The maximum absolute atomic E-state index is 13.1. The van der Waals surface area contributed by atoms with E-state index in [4.69, 9.17) is 4.74 Å². The number of carbonyl (C=O) groups is 2. The lowest BCUT2D eigenvalue weighted by Gasteiger charge is -2.28. The molecule has 172 valence electrons. The zero-order valence-corrected chi connectivity index (χ0v) is 19.0. The van der Waals surface area contributed by atoms with E-state index in [1.807, 2.05) is 13.8 Å². The van der Waals surface area contributed by atoms with Crippen LogP contribution in [0.4, 0.5) is 10.8 Å². The highest BCUT2D eigenvalue weighted by Gasteiger charge is 2.22. The minimum Gasteiger partial charge on any atom is -0.379 e. The van der Waals surface area contributed by atoms with E-state index >= 15 is 0 Å². The summed E-state index contributed by atoms with van der Waals surface area (Å²) in [6, 6.07) is 5.57. The third-order valence-corrected chi connectivity index (χ3v) is 6.19. The van der Waals surface area contributed by atoms with Crippen LogP contribution in [0.25, 0.3) is 0 Å². The Morgan fingerprint density at radius 3 is 2.72 bits per heavy atom. The van der Waals surface area contributed by atoms with Gasteiger partial charge in [-0.3, -0.25) is 24.6 Å². The average Bonchev–Trinajstić information content (AvgIpc) is 3.09. The highest BCUT2D eigenvalue weighted by atomic mass is 32.1. The number of carbonyl (C=O) groups excluding carboxylic acids is 2. The SMILES string of the molecule is Cc1nc(NC(=O)CN(CCCN2CCOCC2)C(=O)c2cccc([N+](=O)[O-])c2)sc1C. The van der Waals surface area contributed by atoms with Crippen molar-refractivity contribution in [3.63, 3.8) is 0 Å². The lowest BCUT2D eigenvalue weighted by Crippen LogP contribution is -2.41. The van der Waals surface area contributed by atoms with E-state index in [2.05, 4.69) is 15.2 Å². The predicted octanol–water partition coefficient (Wildman–Crippen LogP) is 2.47. The number of aromatic nitrogens is 1. The molecule has 32 heavy (non-hydrogen) atoms. The second kappa shape index (κ2) is 11.1. The van der Waals surface area contributed by atoms with Gasteiger partial charge in [-0.05, 0) is 26.3 Å². The summed E-state index contributed by atoms with van der Waals surface area (Å²) in [5.41, 5.74) is 0.863. The topological polar surface area (TPSA) is 118 Å². The molecule has 11 heteroatoms. The lowest BCUT2D eigenvalue weighted by atomic mass is 10.1. The molecule has 0 radical (unpaired) electrons. The summed E-state index contributed by atoms with van der Waals surface area (Å²) in [6.45, 7) is 7.79. The van der Waals surface area contributed by atoms with Gasteiger partial charge in [-0.2, -0.15) is 0 Å². The van der Waals surface area contributed by atoms with Crippen LogP contribution in [0.2, 0.25) is 0 Å². The Morgan fingerprint density at radius 1 is 1.31 bits per heavy atom. The van der Waals surface area contributed by atoms with Gasteiger partial charge in [0.25, 0.3) is 11.6 Å². The van der Waals surface area contributed by atoms with Gasteiger partial charge < -0.3 is 15.0 Å². The average molecular weight is 462 g/mol. The molecule has 1 aromatic carbocycles. The molecule has 1 aliphatic heterocycles. The Kier molecular flexibility index (Phi) is 8.26. The fraction of sp³-hybridized carbons (Fsp3) is 0.476. The Morgan fingerprint density at radius 2 is 2.06 bits per heavy atom. The summed E-state index contributed by atoms with van der Waals surface area (Å²) in [6.07, 6.45) is 0.670. The summed E-state index contributed by atoms with van der Waals surface area (Å²) in [4.78, 5) is 45.3. The van der Waals surface area contributed by atoms with Gasteiger partial charge in [0.2, 0.25) is 5.91 Å². The van der Waals surface area contributed by atoms with Crippen molar-refractivity contribution in [1.29, 1.82) is 0 Å². The van der Waals surface area contributed by atoms with Gasteiger partial charge in [0.1, 0.15) is 6.54 Å². The molecule has 0 unspecified atom stereocenters. The number of hydrogen-bond acceptors (Lipinski definition) is 8. The normalized spacial score (nSPS) is 14.2. The van der Waals surface area contributed by atoms with Crippen molar-refractivity contribution in [3.05, 3.63) is 50.5 Å². The molecule has 1 saturated heterocycles. The van der Waals surface area contributed by atoms with Gasteiger partial charge in [0, 0.05) is 48.8 Å². The molecular formula is C21H27N5O5S. The second-order valence-corrected chi connectivity index (χ2v) is 8.75. The van der Waals surface area contributed by atoms with Gasteiger partial charge in [-0.1, -0.05) is 6.07 Å². The molecule has 0 bridgehead atoms. The Balaban J connectivity index is 1.68. The summed E-state index contributed by atoms with van der Waals surface area (Å²) >= 11 is 1.38. The number of nitro groups is 1. The van der Waals surface area contributed by atoms with Crippen molar-refractivity contribution in [2.24, 2.45) is 0 Å². The number of amides is 2. The molecule has 0 aliphatic carbocycles. The van der Waals surface area contributed by atoms with E-state index < -0.39 is 10.8 Å². The van der Waals surface area contributed by atoms with Crippen LogP contribution in [0.1, 0.15) is 27.3 Å². The quantitative estimate of drug-likeness (QED) is 0.450. The zero-order valence-electron chi connectivity index (χ0n) is 18.2. The number of nitrogens with zero attached hydrogens (tertiary/aromatic N) is 4. The number of morpholine rings is 1. The fourth-order valence-corrected chi connectivity index (χ4v) is 4.19. The van der Waals surface area contributed by atoms with E-state index in [1.165, 1.54) is 40.5 Å². The Bertz CT molecular complexity index is 954. The molecule has 1 aromatic heterocycles. The molecule has 0 saturated carbocycles. The molecule has 0 spiro atoms. The number of hydrogen-bond donors (Lipinski definition) is 1. The molecule has 2 amide bonds. The van der Waals surface area contributed by atoms with E-state index in [0.29, 0.717) is 31.3 Å². The highest BCUT2D eigenvalue weighted by molar-refractivity contribution is 7.15.